The molecule has 2 N–H and O–H groups in total. The van der Waals surface area contributed by atoms with Crippen LogP contribution in [0.2, 0.25) is 0 Å². The van der Waals surface area contributed by atoms with Gasteiger partial charge in [0.2, 0.25) is 0 Å². The molecule has 0 amide bonds. The highest BCUT2D eigenvalue weighted by Crippen LogP contribution is 2.39. The van der Waals surface area contributed by atoms with Gasteiger partial charge < -0.3 is 15.3 Å². The molecule has 16 heavy (non-hydrogen) atoms. The molecule has 0 aromatic heterocycles. The summed E-state index contributed by atoms with van der Waals surface area (Å²) < 4.78 is 0. The van der Waals surface area contributed by atoms with Crippen LogP contribution < -0.4 is 5.32 Å². The number of hydrogen-bond acceptors (Lipinski definition) is 3. The fourth-order valence-corrected chi connectivity index (χ4v) is 2.50. The van der Waals surface area contributed by atoms with Gasteiger partial charge in [0, 0.05) is 6.54 Å². The van der Waals surface area contributed by atoms with Crippen LogP contribution >= 0.6 is 0 Å². The lowest BCUT2D eigenvalue weighted by molar-refractivity contribution is 0.107. The van der Waals surface area contributed by atoms with Crippen molar-refractivity contribution in [3.05, 3.63) is 0 Å². The van der Waals surface area contributed by atoms with Gasteiger partial charge in [-0.1, -0.05) is 19.8 Å². The third-order valence-corrected chi connectivity index (χ3v) is 3.83. The van der Waals surface area contributed by atoms with Crippen LogP contribution in [0.1, 0.15) is 39.0 Å². The van der Waals surface area contributed by atoms with E-state index in [9.17, 15) is 5.11 Å². The van der Waals surface area contributed by atoms with Crippen LogP contribution in [-0.4, -0.2) is 49.3 Å². The van der Waals surface area contributed by atoms with Gasteiger partial charge in [0.1, 0.15) is 0 Å². The van der Waals surface area contributed by atoms with Crippen molar-refractivity contribution < 1.29 is 5.11 Å². The molecule has 1 rings (SSSR count). The molecule has 1 aliphatic rings. The minimum Gasteiger partial charge on any atom is -0.394 e. The largest absolute Gasteiger partial charge is 0.394 e. The Bertz CT molecular complexity index is 188. The number of nitrogens with zero attached hydrogens (tertiary/aromatic N) is 1. The van der Waals surface area contributed by atoms with E-state index in [4.69, 9.17) is 0 Å². The van der Waals surface area contributed by atoms with Gasteiger partial charge in [0.15, 0.2) is 0 Å². The molecule has 1 aliphatic carbocycles. The van der Waals surface area contributed by atoms with Gasteiger partial charge in [-0.25, -0.2) is 0 Å². The average molecular weight is 228 g/mol. The third kappa shape index (κ3) is 3.72. The second kappa shape index (κ2) is 6.58. The highest BCUT2D eigenvalue weighted by molar-refractivity contribution is 5.01. The van der Waals surface area contributed by atoms with Crippen molar-refractivity contribution in [2.75, 3.05) is 33.8 Å². The van der Waals surface area contributed by atoms with Crippen molar-refractivity contribution in [2.24, 2.45) is 5.92 Å². The summed E-state index contributed by atoms with van der Waals surface area (Å²) in [5.41, 5.74) is -0.0546. The lowest BCUT2D eigenvalue weighted by atomic mass is 9.93. The Morgan fingerprint density at radius 1 is 1.38 bits per heavy atom. The van der Waals surface area contributed by atoms with Crippen molar-refractivity contribution in [1.82, 2.24) is 10.2 Å². The molecule has 1 saturated carbocycles. The van der Waals surface area contributed by atoms with Crippen LogP contribution in [-0.2, 0) is 0 Å². The number of aliphatic hydroxyl groups excluding tert-OH is 1. The van der Waals surface area contributed by atoms with Gasteiger partial charge in [-0.05, 0) is 45.8 Å². The molecule has 0 saturated heterocycles. The summed E-state index contributed by atoms with van der Waals surface area (Å²) in [6.07, 6.45) is 6.38. The standard InChI is InChI=1S/C13H28N2O/c1-4-5-6-9-15(3)10-13(11-16,14-2)12-7-8-12/h12,14,16H,4-11H2,1-3H3. The molecule has 1 unspecified atom stereocenters. The molecular formula is C13H28N2O. The van der Waals surface area contributed by atoms with E-state index in [2.05, 4.69) is 24.2 Å². The van der Waals surface area contributed by atoms with Gasteiger partial charge in [-0.3, -0.25) is 0 Å². The van der Waals surface area contributed by atoms with Crippen LogP contribution in [0.3, 0.4) is 0 Å². The van der Waals surface area contributed by atoms with Crippen LogP contribution in [0, 0.1) is 5.92 Å². The van der Waals surface area contributed by atoms with Gasteiger partial charge in [0.05, 0.1) is 12.1 Å². The second-order valence-electron chi connectivity index (χ2n) is 5.28. The molecule has 0 heterocycles. The first-order chi connectivity index (χ1) is 7.68. The molecule has 0 aliphatic heterocycles. The summed E-state index contributed by atoms with van der Waals surface area (Å²) in [5.74, 6) is 0.677. The highest BCUT2D eigenvalue weighted by Gasteiger charge is 2.44. The van der Waals surface area contributed by atoms with Crippen LogP contribution in [0.5, 0.6) is 0 Å². The number of nitrogens with one attached hydrogen (secondary N) is 1. The van der Waals surface area contributed by atoms with E-state index in [0.717, 1.165) is 13.1 Å². The highest BCUT2D eigenvalue weighted by atomic mass is 16.3. The number of aliphatic hydroxyl groups is 1. The van der Waals surface area contributed by atoms with Crippen molar-refractivity contribution in [3.8, 4) is 0 Å². The van der Waals surface area contributed by atoms with Gasteiger partial charge >= 0.3 is 0 Å². The monoisotopic (exact) mass is 228 g/mol. The lowest BCUT2D eigenvalue weighted by Gasteiger charge is -2.36. The number of hydrogen-bond donors (Lipinski definition) is 2. The molecule has 3 heteroatoms. The van der Waals surface area contributed by atoms with Crippen molar-refractivity contribution in [1.29, 1.82) is 0 Å². The topological polar surface area (TPSA) is 35.5 Å². The first-order valence-electron chi connectivity index (χ1n) is 6.67. The summed E-state index contributed by atoms with van der Waals surface area (Å²) in [4.78, 5) is 2.36. The van der Waals surface area contributed by atoms with Crippen LogP contribution in [0.25, 0.3) is 0 Å². The van der Waals surface area contributed by atoms with Crippen LogP contribution in [0.4, 0.5) is 0 Å². The zero-order valence-corrected chi connectivity index (χ0v) is 11.1. The first-order valence-corrected chi connectivity index (χ1v) is 6.67. The fraction of sp³-hybridized carbons (Fsp3) is 1.00. The summed E-state index contributed by atoms with van der Waals surface area (Å²) in [6, 6.07) is 0. The Labute approximate surface area is 100 Å². The van der Waals surface area contributed by atoms with E-state index in [1.807, 2.05) is 7.05 Å². The summed E-state index contributed by atoms with van der Waals surface area (Å²) in [5, 5.41) is 13.0. The molecule has 0 radical (unpaired) electrons. The van der Waals surface area contributed by atoms with E-state index in [1.54, 1.807) is 0 Å². The lowest BCUT2D eigenvalue weighted by Crippen LogP contribution is -2.56. The summed E-state index contributed by atoms with van der Waals surface area (Å²) >= 11 is 0. The van der Waals surface area contributed by atoms with E-state index < -0.39 is 0 Å². The molecule has 0 aromatic rings. The van der Waals surface area contributed by atoms with Crippen molar-refractivity contribution in [3.63, 3.8) is 0 Å². The minimum atomic E-state index is -0.0546. The molecule has 3 nitrogen and oxygen atoms in total. The molecule has 0 spiro atoms. The Hall–Kier alpha value is -0.120. The predicted octanol–water partition coefficient (Wildman–Crippen LogP) is 1.47. The van der Waals surface area contributed by atoms with Gasteiger partial charge in [0.25, 0.3) is 0 Å². The van der Waals surface area contributed by atoms with Crippen molar-refractivity contribution in [2.45, 2.75) is 44.6 Å². The van der Waals surface area contributed by atoms with Gasteiger partial charge in [-0.15, -0.1) is 0 Å². The maximum atomic E-state index is 9.62. The van der Waals surface area contributed by atoms with Gasteiger partial charge in [-0.2, -0.15) is 0 Å². The van der Waals surface area contributed by atoms with Crippen LogP contribution in [0.15, 0.2) is 0 Å². The quantitative estimate of drug-likeness (QED) is 0.587. The molecule has 0 bridgehead atoms. The third-order valence-electron chi connectivity index (χ3n) is 3.83. The fourth-order valence-electron chi connectivity index (χ4n) is 2.50. The number of unbranched alkanes of at least 4 members (excludes halogenated alkanes) is 2. The zero-order valence-electron chi connectivity index (χ0n) is 11.1. The second-order valence-corrected chi connectivity index (χ2v) is 5.28. The number of likely N-dealkylation sites (N-methyl/N-ethyl adjacent to an activating group) is 2. The molecule has 96 valence electrons. The average Bonchev–Trinajstić information content (AvgIpc) is 3.11. The molecule has 0 aromatic carbocycles. The minimum absolute atomic E-state index is 0.0546. The van der Waals surface area contributed by atoms with E-state index in [0.29, 0.717) is 5.92 Å². The maximum absolute atomic E-state index is 9.62. The Morgan fingerprint density at radius 3 is 2.50 bits per heavy atom. The van der Waals surface area contributed by atoms with Crippen molar-refractivity contribution >= 4 is 0 Å². The summed E-state index contributed by atoms with van der Waals surface area (Å²) in [7, 11) is 4.15. The maximum Gasteiger partial charge on any atom is 0.0628 e. The van der Waals surface area contributed by atoms with E-state index in [-0.39, 0.29) is 12.1 Å². The Morgan fingerprint density at radius 2 is 2.06 bits per heavy atom. The molecule has 1 fully saturated rings. The molecular weight excluding hydrogens is 200 g/mol. The first kappa shape index (κ1) is 13.9. The smallest absolute Gasteiger partial charge is 0.0628 e. The number of rotatable bonds is 9. The Kier molecular flexibility index (Phi) is 5.73. The zero-order chi connectivity index (χ0) is 12.0. The Balaban J connectivity index is 2.35. The predicted molar refractivity (Wildman–Crippen MR) is 68.6 cm³/mol. The normalized spacial score (nSPS) is 20.1. The SMILES string of the molecule is CCCCCN(C)CC(CO)(NC)C1CC1. The summed E-state index contributed by atoms with van der Waals surface area (Å²) in [6.45, 7) is 4.60. The van der Waals surface area contributed by atoms with E-state index in [1.165, 1.54) is 32.1 Å². The molecule has 1 atom stereocenters. The van der Waals surface area contributed by atoms with E-state index >= 15 is 0 Å².